The summed E-state index contributed by atoms with van der Waals surface area (Å²) in [4.78, 5) is 23.1. The van der Waals surface area contributed by atoms with Crippen molar-refractivity contribution < 1.29 is 14.0 Å². The van der Waals surface area contributed by atoms with E-state index in [-0.39, 0.29) is 23.2 Å². The van der Waals surface area contributed by atoms with Crippen molar-refractivity contribution in [2.75, 3.05) is 23.7 Å². The van der Waals surface area contributed by atoms with E-state index in [9.17, 15) is 14.0 Å². The number of nitrogens with two attached hydrogens (primary N) is 3. The molecule has 0 fully saturated rings. The number of nitrogen functional groups attached to an aromatic ring is 1. The van der Waals surface area contributed by atoms with Crippen molar-refractivity contribution >= 4 is 39.1 Å². The standard InChI is InChI=1S/C10H12BrFN4O2/c11-5-1-8(7(13)2-6(5)12)16(3-9(14)17)4-10(15)18/h1-2H,3-4,13H2,(H2,14,17)(H2,15,18). The number of primary amides is 2. The van der Waals surface area contributed by atoms with Crippen molar-refractivity contribution in [2.24, 2.45) is 11.5 Å². The predicted octanol–water partition coefficient (Wildman–Crippen LogP) is -0.0526. The number of hydrogen-bond donors (Lipinski definition) is 3. The van der Waals surface area contributed by atoms with Crippen LogP contribution in [0.5, 0.6) is 0 Å². The summed E-state index contributed by atoms with van der Waals surface area (Å²) in [6, 6.07) is 2.44. The molecule has 0 aromatic heterocycles. The molecule has 18 heavy (non-hydrogen) atoms. The maximum Gasteiger partial charge on any atom is 0.236 e. The number of benzene rings is 1. The van der Waals surface area contributed by atoms with Gasteiger partial charge < -0.3 is 22.1 Å². The molecule has 0 aliphatic carbocycles. The molecular weight excluding hydrogens is 307 g/mol. The fourth-order valence-electron chi connectivity index (χ4n) is 1.43. The Morgan fingerprint density at radius 3 is 2.17 bits per heavy atom. The van der Waals surface area contributed by atoms with Gasteiger partial charge in [-0.3, -0.25) is 9.59 Å². The quantitative estimate of drug-likeness (QED) is 0.660. The van der Waals surface area contributed by atoms with E-state index in [2.05, 4.69) is 15.9 Å². The Hall–Kier alpha value is -1.83. The van der Waals surface area contributed by atoms with E-state index < -0.39 is 17.6 Å². The maximum absolute atomic E-state index is 13.2. The normalized spacial score (nSPS) is 10.1. The van der Waals surface area contributed by atoms with Gasteiger partial charge in [-0.05, 0) is 22.0 Å². The van der Waals surface area contributed by atoms with Crippen LogP contribution < -0.4 is 22.1 Å². The zero-order valence-electron chi connectivity index (χ0n) is 9.32. The first-order chi connectivity index (χ1) is 8.31. The van der Waals surface area contributed by atoms with Crippen LogP contribution in [0, 0.1) is 5.82 Å². The second-order valence-electron chi connectivity index (χ2n) is 3.61. The minimum atomic E-state index is -0.656. The highest BCUT2D eigenvalue weighted by molar-refractivity contribution is 9.10. The molecule has 98 valence electrons. The highest BCUT2D eigenvalue weighted by Crippen LogP contribution is 2.29. The van der Waals surface area contributed by atoms with Crippen LogP contribution in [0.4, 0.5) is 15.8 Å². The second-order valence-corrected chi connectivity index (χ2v) is 4.47. The van der Waals surface area contributed by atoms with E-state index in [0.29, 0.717) is 5.69 Å². The molecule has 1 aromatic rings. The van der Waals surface area contributed by atoms with Gasteiger partial charge in [-0.2, -0.15) is 0 Å². The molecular formula is C10H12BrFN4O2. The number of carbonyl (C=O) groups is 2. The average Bonchev–Trinajstić information content (AvgIpc) is 2.21. The Morgan fingerprint density at radius 2 is 1.72 bits per heavy atom. The minimum absolute atomic E-state index is 0.0817. The van der Waals surface area contributed by atoms with Crippen LogP contribution in [0.1, 0.15) is 0 Å². The van der Waals surface area contributed by atoms with E-state index in [0.717, 1.165) is 6.07 Å². The number of amides is 2. The summed E-state index contributed by atoms with van der Waals surface area (Å²) < 4.78 is 13.4. The topological polar surface area (TPSA) is 115 Å². The first-order valence-electron chi connectivity index (χ1n) is 4.87. The third-order valence-corrected chi connectivity index (χ3v) is 2.71. The van der Waals surface area contributed by atoms with Crippen LogP contribution >= 0.6 is 15.9 Å². The van der Waals surface area contributed by atoms with Crippen molar-refractivity contribution in [1.29, 1.82) is 0 Å². The van der Waals surface area contributed by atoms with E-state index in [1.54, 1.807) is 0 Å². The molecule has 6 N–H and O–H groups in total. The summed E-state index contributed by atoms with van der Waals surface area (Å²) >= 11 is 2.99. The maximum atomic E-state index is 13.2. The summed E-state index contributed by atoms with van der Waals surface area (Å²) in [6.07, 6.45) is 0. The van der Waals surface area contributed by atoms with Crippen molar-refractivity contribution in [3.63, 3.8) is 0 Å². The summed E-state index contributed by atoms with van der Waals surface area (Å²) in [7, 11) is 0. The molecule has 0 bridgehead atoms. The third-order valence-electron chi connectivity index (χ3n) is 2.10. The van der Waals surface area contributed by atoms with Gasteiger partial charge in [0.2, 0.25) is 11.8 Å². The van der Waals surface area contributed by atoms with E-state index in [1.165, 1.54) is 11.0 Å². The van der Waals surface area contributed by atoms with Crippen molar-refractivity contribution in [2.45, 2.75) is 0 Å². The number of anilines is 2. The number of nitrogens with zero attached hydrogens (tertiary/aromatic N) is 1. The lowest BCUT2D eigenvalue weighted by Crippen LogP contribution is -2.40. The third kappa shape index (κ3) is 3.59. The Morgan fingerprint density at radius 1 is 1.22 bits per heavy atom. The Bertz CT molecular complexity index is 479. The lowest BCUT2D eigenvalue weighted by molar-refractivity contribution is -0.117. The predicted molar refractivity (Wildman–Crippen MR) is 69.1 cm³/mol. The molecule has 0 aliphatic rings. The summed E-state index contributed by atoms with van der Waals surface area (Å²) in [5.74, 6) is -1.86. The lowest BCUT2D eigenvalue weighted by Gasteiger charge is -2.23. The molecule has 6 nitrogen and oxygen atoms in total. The van der Waals surface area contributed by atoms with Crippen molar-refractivity contribution in [3.8, 4) is 0 Å². The largest absolute Gasteiger partial charge is 0.397 e. The van der Waals surface area contributed by atoms with Gasteiger partial charge in [0.25, 0.3) is 0 Å². The molecule has 0 heterocycles. The summed E-state index contributed by atoms with van der Waals surface area (Å²) in [5.41, 5.74) is 16.2. The van der Waals surface area contributed by atoms with Gasteiger partial charge in [-0.1, -0.05) is 0 Å². The van der Waals surface area contributed by atoms with Crippen LogP contribution in [0.25, 0.3) is 0 Å². The van der Waals surface area contributed by atoms with Gasteiger partial charge in [0.1, 0.15) is 5.82 Å². The molecule has 0 unspecified atom stereocenters. The van der Waals surface area contributed by atoms with E-state index in [4.69, 9.17) is 17.2 Å². The molecule has 0 atom stereocenters. The van der Waals surface area contributed by atoms with Gasteiger partial charge >= 0.3 is 0 Å². The molecule has 8 heteroatoms. The van der Waals surface area contributed by atoms with Gasteiger partial charge in [-0.15, -0.1) is 0 Å². The molecule has 0 aliphatic heterocycles. The second kappa shape index (κ2) is 5.67. The highest BCUT2D eigenvalue weighted by atomic mass is 79.9. The first kappa shape index (κ1) is 14.2. The Kier molecular flexibility index (Phi) is 4.49. The number of rotatable bonds is 5. The lowest BCUT2D eigenvalue weighted by atomic mass is 10.2. The first-order valence-corrected chi connectivity index (χ1v) is 5.66. The monoisotopic (exact) mass is 318 g/mol. The van der Waals surface area contributed by atoms with Crippen LogP contribution in [-0.2, 0) is 9.59 Å². The van der Waals surface area contributed by atoms with Crippen LogP contribution in [0.15, 0.2) is 16.6 Å². The molecule has 0 radical (unpaired) electrons. The SMILES string of the molecule is NC(=O)CN(CC(N)=O)c1cc(Br)c(F)cc1N. The summed E-state index contributed by atoms with van der Waals surface area (Å²) in [6.45, 7) is -0.490. The minimum Gasteiger partial charge on any atom is -0.397 e. The van der Waals surface area contributed by atoms with E-state index in [1.807, 2.05) is 0 Å². The number of carbonyl (C=O) groups excluding carboxylic acids is 2. The van der Waals surface area contributed by atoms with Crippen LogP contribution in [0.3, 0.4) is 0 Å². The van der Waals surface area contributed by atoms with Crippen LogP contribution in [-0.4, -0.2) is 24.9 Å². The number of hydrogen-bond acceptors (Lipinski definition) is 4. The zero-order chi connectivity index (χ0) is 13.9. The number of halogens is 2. The summed E-state index contributed by atoms with van der Waals surface area (Å²) in [5, 5.41) is 0. The molecule has 2 amide bonds. The Labute approximate surface area is 111 Å². The van der Waals surface area contributed by atoms with Gasteiger partial charge in [0.05, 0.1) is 28.9 Å². The fourth-order valence-corrected chi connectivity index (χ4v) is 1.76. The fraction of sp³-hybridized carbons (Fsp3) is 0.200. The molecule has 0 saturated carbocycles. The van der Waals surface area contributed by atoms with Crippen LogP contribution in [0.2, 0.25) is 0 Å². The van der Waals surface area contributed by atoms with Crippen molar-refractivity contribution in [3.05, 3.63) is 22.4 Å². The molecule has 1 rings (SSSR count). The zero-order valence-corrected chi connectivity index (χ0v) is 10.9. The average molecular weight is 319 g/mol. The Balaban J connectivity index is 3.15. The molecule has 0 saturated heterocycles. The smallest absolute Gasteiger partial charge is 0.236 e. The van der Waals surface area contributed by atoms with Gasteiger partial charge in [0, 0.05) is 6.07 Å². The molecule has 0 spiro atoms. The highest BCUT2D eigenvalue weighted by Gasteiger charge is 2.16. The van der Waals surface area contributed by atoms with Gasteiger partial charge in [0.15, 0.2) is 0 Å². The van der Waals surface area contributed by atoms with Crippen molar-refractivity contribution in [1.82, 2.24) is 0 Å². The molecule has 1 aromatic carbocycles. The van der Waals surface area contributed by atoms with E-state index >= 15 is 0 Å². The van der Waals surface area contributed by atoms with Gasteiger partial charge in [-0.25, -0.2) is 4.39 Å².